The molecule has 0 aliphatic rings. The van der Waals surface area contributed by atoms with Crippen LogP contribution in [0.25, 0.3) is 16.6 Å². The Hall–Kier alpha value is -3.08. The molecular weight excluding hydrogens is 475 g/mol. The Morgan fingerprint density at radius 3 is 2.72 bits per heavy atom. The molecule has 164 valence electrons. The van der Waals surface area contributed by atoms with Gasteiger partial charge in [-0.2, -0.15) is 0 Å². The average molecular weight is 491 g/mol. The zero-order valence-electron chi connectivity index (χ0n) is 16.8. The molecule has 0 bridgehead atoms. The minimum atomic E-state index is -0.680. The van der Waals surface area contributed by atoms with E-state index in [1.807, 2.05) is 0 Å². The summed E-state index contributed by atoms with van der Waals surface area (Å²) in [5.41, 5.74) is 0.325. The second-order valence-corrected chi connectivity index (χ2v) is 9.39. The van der Waals surface area contributed by atoms with Crippen LogP contribution in [-0.2, 0) is 0 Å². The highest BCUT2D eigenvalue weighted by Gasteiger charge is 2.15. The molecule has 4 aromatic rings. The van der Waals surface area contributed by atoms with Crippen molar-refractivity contribution < 1.29 is 13.9 Å². The molecule has 2 heterocycles. The van der Waals surface area contributed by atoms with E-state index in [4.69, 9.17) is 16.3 Å². The zero-order chi connectivity index (χ0) is 22.8. The van der Waals surface area contributed by atoms with Crippen molar-refractivity contribution in [2.75, 3.05) is 12.4 Å². The van der Waals surface area contributed by atoms with Gasteiger partial charge in [-0.3, -0.25) is 14.1 Å². The first-order valence-corrected chi connectivity index (χ1v) is 11.2. The number of amides is 2. The topological polar surface area (TPSA) is 85.2 Å². The number of rotatable bonds is 5. The molecule has 11 heteroatoms. The minimum Gasteiger partial charge on any atom is -0.497 e. The molecule has 0 fully saturated rings. The number of thiophene rings is 1. The summed E-state index contributed by atoms with van der Waals surface area (Å²) in [5.74, 6) is 0.209. The molecule has 0 saturated heterocycles. The van der Waals surface area contributed by atoms with Crippen LogP contribution in [0.15, 0.2) is 57.5 Å². The molecule has 0 atom stereocenters. The van der Waals surface area contributed by atoms with Crippen LogP contribution in [-0.4, -0.2) is 22.7 Å². The first kappa shape index (κ1) is 22.1. The van der Waals surface area contributed by atoms with E-state index < -0.39 is 17.4 Å². The summed E-state index contributed by atoms with van der Waals surface area (Å²) in [6.45, 7) is 1.62. The molecule has 0 saturated carbocycles. The number of urea groups is 1. The van der Waals surface area contributed by atoms with Gasteiger partial charge in [0.05, 0.1) is 32.2 Å². The number of benzene rings is 2. The number of carbonyl (C=O) groups is 1. The second-order valence-electron chi connectivity index (χ2n) is 6.57. The van der Waals surface area contributed by atoms with Gasteiger partial charge in [0.2, 0.25) is 0 Å². The van der Waals surface area contributed by atoms with Gasteiger partial charge in [0.25, 0.3) is 5.56 Å². The van der Waals surface area contributed by atoms with Gasteiger partial charge in [0, 0.05) is 11.8 Å². The lowest BCUT2D eigenvalue weighted by Gasteiger charge is -2.13. The number of carbonyl (C=O) groups excluding carboxylic acids is 1. The van der Waals surface area contributed by atoms with Crippen LogP contribution in [0.5, 0.6) is 5.75 Å². The second kappa shape index (κ2) is 9.19. The highest BCUT2D eigenvalue weighted by molar-refractivity contribution is 7.99. The van der Waals surface area contributed by atoms with E-state index in [1.54, 1.807) is 37.3 Å². The lowest BCUT2D eigenvalue weighted by Crippen LogP contribution is -2.24. The van der Waals surface area contributed by atoms with Crippen LogP contribution >= 0.6 is 34.9 Å². The SMILES string of the molecule is COc1ccc2c(=O)n(-c3ccc(NC(=O)NSc4ccc(Cl)s4)cc3F)c(C)nc2c1. The van der Waals surface area contributed by atoms with Gasteiger partial charge in [-0.05, 0) is 61.3 Å². The fourth-order valence-electron chi connectivity index (χ4n) is 3.06. The molecule has 0 radical (unpaired) electrons. The van der Waals surface area contributed by atoms with Gasteiger partial charge in [-0.25, -0.2) is 14.2 Å². The molecular formula is C21H16ClFN4O3S2. The summed E-state index contributed by atoms with van der Waals surface area (Å²) in [6.07, 6.45) is 0. The Bertz CT molecular complexity index is 1390. The van der Waals surface area contributed by atoms with Gasteiger partial charge < -0.3 is 10.1 Å². The Kier molecular flexibility index (Phi) is 6.35. The number of anilines is 1. The predicted octanol–water partition coefficient (Wildman–Crippen LogP) is 5.39. The fourth-order valence-corrected chi connectivity index (χ4v) is 4.91. The van der Waals surface area contributed by atoms with Crippen molar-refractivity contribution in [3.8, 4) is 11.4 Å². The third-order valence-corrected chi connectivity index (χ3v) is 6.63. The van der Waals surface area contributed by atoms with Crippen molar-refractivity contribution in [2.24, 2.45) is 0 Å². The molecule has 2 aromatic heterocycles. The Balaban J connectivity index is 1.57. The van der Waals surface area contributed by atoms with Crippen molar-refractivity contribution in [2.45, 2.75) is 11.1 Å². The highest BCUT2D eigenvalue weighted by atomic mass is 35.5. The van der Waals surface area contributed by atoms with Gasteiger partial charge in [-0.15, -0.1) is 11.3 Å². The van der Waals surface area contributed by atoms with E-state index in [9.17, 15) is 14.0 Å². The summed E-state index contributed by atoms with van der Waals surface area (Å²) in [7, 11) is 1.52. The number of aromatic nitrogens is 2. The molecule has 2 N–H and O–H groups in total. The van der Waals surface area contributed by atoms with Crippen LogP contribution in [0.1, 0.15) is 5.82 Å². The third kappa shape index (κ3) is 4.57. The monoisotopic (exact) mass is 490 g/mol. The fraction of sp³-hybridized carbons (Fsp3) is 0.0952. The number of ether oxygens (including phenoxy) is 1. The van der Waals surface area contributed by atoms with Crippen molar-refractivity contribution in [3.05, 3.63) is 74.9 Å². The van der Waals surface area contributed by atoms with Crippen LogP contribution in [0.2, 0.25) is 4.34 Å². The number of methoxy groups -OCH3 is 1. The molecule has 2 aromatic carbocycles. The lowest BCUT2D eigenvalue weighted by molar-refractivity contribution is 0.257. The van der Waals surface area contributed by atoms with Crippen LogP contribution in [0.4, 0.5) is 14.9 Å². The number of aryl methyl sites for hydroxylation is 1. The van der Waals surface area contributed by atoms with E-state index in [-0.39, 0.29) is 11.4 Å². The van der Waals surface area contributed by atoms with Crippen molar-refractivity contribution in [1.82, 2.24) is 14.3 Å². The summed E-state index contributed by atoms with van der Waals surface area (Å²) in [6, 6.07) is 11.9. The molecule has 0 aliphatic carbocycles. The Morgan fingerprint density at radius 2 is 2.03 bits per heavy atom. The van der Waals surface area contributed by atoms with Crippen molar-refractivity contribution >= 4 is 57.5 Å². The normalized spacial score (nSPS) is 10.9. The summed E-state index contributed by atoms with van der Waals surface area (Å²) in [4.78, 5) is 29.5. The van der Waals surface area contributed by atoms with Gasteiger partial charge in [-0.1, -0.05) is 11.6 Å². The quantitative estimate of drug-likeness (QED) is 0.366. The van der Waals surface area contributed by atoms with Crippen molar-refractivity contribution in [1.29, 1.82) is 0 Å². The number of nitrogens with one attached hydrogen (secondary N) is 2. The van der Waals surface area contributed by atoms with Crippen LogP contribution in [0.3, 0.4) is 0 Å². The maximum Gasteiger partial charge on any atom is 0.329 e. The van der Waals surface area contributed by atoms with E-state index in [0.29, 0.717) is 26.8 Å². The summed E-state index contributed by atoms with van der Waals surface area (Å²) in [5, 5.41) is 2.89. The number of fused-ring (bicyclic) bond motifs is 1. The number of hydrogen-bond acceptors (Lipinski definition) is 6. The number of hydrogen-bond donors (Lipinski definition) is 2. The maximum atomic E-state index is 14.9. The van der Waals surface area contributed by atoms with Gasteiger partial charge in [0.1, 0.15) is 17.4 Å². The standard InChI is InChI=1S/C21H16ClFN4O3S2/c1-11-24-16-10-13(30-2)4-5-14(16)20(28)27(11)17-6-3-12(9-15(17)23)25-21(29)26-32-19-8-7-18(22)31-19/h3-10H,1-2H3,(H2,25,26,29). The molecule has 0 unspecified atom stereocenters. The summed E-state index contributed by atoms with van der Waals surface area (Å²) < 4.78 is 25.3. The lowest BCUT2D eigenvalue weighted by atomic mass is 10.2. The zero-order valence-corrected chi connectivity index (χ0v) is 19.2. The first-order valence-electron chi connectivity index (χ1n) is 9.22. The largest absolute Gasteiger partial charge is 0.497 e. The highest BCUT2D eigenvalue weighted by Crippen LogP contribution is 2.28. The summed E-state index contributed by atoms with van der Waals surface area (Å²) >= 11 is 8.28. The van der Waals surface area contributed by atoms with Gasteiger partial charge >= 0.3 is 6.03 Å². The maximum absolute atomic E-state index is 14.9. The number of nitrogens with zero attached hydrogens (tertiary/aromatic N) is 2. The Morgan fingerprint density at radius 1 is 1.22 bits per heavy atom. The van der Waals surface area contributed by atoms with Gasteiger partial charge in [0.15, 0.2) is 0 Å². The third-order valence-electron chi connectivity index (χ3n) is 4.48. The predicted molar refractivity (Wildman–Crippen MR) is 126 cm³/mol. The molecule has 32 heavy (non-hydrogen) atoms. The molecule has 2 amide bonds. The van der Waals surface area contributed by atoms with Crippen LogP contribution in [0, 0.1) is 12.7 Å². The van der Waals surface area contributed by atoms with E-state index in [1.165, 1.54) is 35.1 Å². The first-order chi connectivity index (χ1) is 15.4. The molecule has 4 rings (SSSR count). The van der Waals surface area contributed by atoms with Crippen molar-refractivity contribution in [3.63, 3.8) is 0 Å². The number of halogens is 2. The van der Waals surface area contributed by atoms with Crippen LogP contribution < -0.4 is 20.3 Å². The average Bonchev–Trinajstić information content (AvgIpc) is 3.18. The Labute approximate surface area is 195 Å². The van der Waals surface area contributed by atoms with E-state index in [0.717, 1.165) is 22.2 Å². The molecule has 0 spiro atoms. The van der Waals surface area contributed by atoms with E-state index >= 15 is 0 Å². The van der Waals surface area contributed by atoms with E-state index in [2.05, 4.69) is 15.0 Å². The minimum absolute atomic E-state index is 0.0336. The molecule has 0 aliphatic heterocycles. The smallest absolute Gasteiger partial charge is 0.329 e. The molecule has 7 nitrogen and oxygen atoms in total.